The number of rotatable bonds is 6. The summed E-state index contributed by atoms with van der Waals surface area (Å²) in [6, 6.07) is 18.8. The van der Waals surface area contributed by atoms with Gasteiger partial charge in [-0.3, -0.25) is 4.79 Å². The van der Waals surface area contributed by atoms with E-state index in [0.717, 1.165) is 11.4 Å². The molecule has 1 aromatic heterocycles. The fourth-order valence-corrected chi connectivity index (χ4v) is 3.01. The molecule has 0 bridgehead atoms. The van der Waals surface area contributed by atoms with Crippen LogP contribution in [0.4, 0.5) is 11.5 Å². The van der Waals surface area contributed by atoms with Crippen LogP contribution < -0.4 is 15.8 Å². The number of carbonyl (C=O) groups is 1. The molecule has 5 heteroatoms. The molecule has 0 radical (unpaired) electrons. The molecular formula is C24H27N3O2. The van der Waals surface area contributed by atoms with Crippen LogP contribution in [0.15, 0.2) is 60.7 Å². The van der Waals surface area contributed by atoms with Gasteiger partial charge in [0.25, 0.3) is 5.91 Å². The van der Waals surface area contributed by atoms with Gasteiger partial charge < -0.3 is 15.8 Å². The lowest BCUT2D eigenvalue weighted by molar-refractivity contribution is 0.102. The minimum atomic E-state index is -0.292. The van der Waals surface area contributed by atoms with E-state index < -0.39 is 0 Å². The summed E-state index contributed by atoms with van der Waals surface area (Å²) in [5, 5.41) is 2.84. The standard InChI is InChI=1S/C24H27N3O2/c1-15(2)17(4)20-7-5-6-8-22(20)29-19-12-10-18(11-13-19)27-24(28)21-14-9-16(3)26-23(21)25/h5-15,17H,1-4H3,(H2,25,26)(H,27,28). The van der Waals surface area contributed by atoms with Crippen molar-refractivity contribution < 1.29 is 9.53 Å². The smallest absolute Gasteiger partial charge is 0.259 e. The molecule has 0 saturated heterocycles. The molecule has 1 amide bonds. The molecular weight excluding hydrogens is 362 g/mol. The van der Waals surface area contributed by atoms with Crippen LogP contribution >= 0.6 is 0 Å². The second-order valence-corrected chi connectivity index (χ2v) is 7.54. The first kappa shape index (κ1) is 20.4. The molecule has 1 atom stereocenters. The van der Waals surface area contributed by atoms with Crippen LogP contribution in [0.2, 0.25) is 0 Å². The van der Waals surface area contributed by atoms with Gasteiger partial charge in [-0.25, -0.2) is 4.98 Å². The Kier molecular flexibility index (Phi) is 6.17. The first-order chi connectivity index (χ1) is 13.8. The topological polar surface area (TPSA) is 77.2 Å². The Labute approximate surface area is 171 Å². The highest BCUT2D eigenvalue weighted by atomic mass is 16.5. The highest BCUT2D eigenvalue weighted by Crippen LogP contribution is 2.34. The predicted molar refractivity (Wildman–Crippen MR) is 118 cm³/mol. The molecule has 0 spiro atoms. The summed E-state index contributed by atoms with van der Waals surface area (Å²) in [6.07, 6.45) is 0. The van der Waals surface area contributed by atoms with Crippen LogP contribution in [-0.2, 0) is 0 Å². The zero-order valence-electron chi connectivity index (χ0n) is 17.3. The van der Waals surface area contributed by atoms with E-state index in [1.54, 1.807) is 24.3 Å². The summed E-state index contributed by atoms with van der Waals surface area (Å²) in [4.78, 5) is 16.6. The van der Waals surface area contributed by atoms with E-state index in [-0.39, 0.29) is 11.7 Å². The molecule has 0 aliphatic rings. The first-order valence-electron chi connectivity index (χ1n) is 9.76. The molecule has 3 rings (SSSR count). The third-order valence-corrected chi connectivity index (χ3v) is 5.06. The molecule has 3 N–H and O–H groups in total. The van der Waals surface area contributed by atoms with Crippen molar-refractivity contribution in [2.45, 2.75) is 33.6 Å². The Morgan fingerprint density at radius 1 is 1.00 bits per heavy atom. The van der Waals surface area contributed by atoms with Gasteiger partial charge in [0.1, 0.15) is 17.3 Å². The molecule has 0 aliphatic carbocycles. The van der Waals surface area contributed by atoms with Crippen LogP contribution in [0, 0.1) is 12.8 Å². The molecule has 150 valence electrons. The van der Waals surface area contributed by atoms with Crippen LogP contribution in [-0.4, -0.2) is 10.9 Å². The zero-order valence-corrected chi connectivity index (χ0v) is 17.3. The van der Waals surface area contributed by atoms with Gasteiger partial charge in [0, 0.05) is 11.4 Å². The van der Waals surface area contributed by atoms with Crippen LogP contribution in [0.1, 0.15) is 48.3 Å². The summed E-state index contributed by atoms with van der Waals surface area (Å²) >= 11 is 0. The van der Waals surface area contributed by atoms with Crippen molar-refractivity contribution in [3.05, 3.63) is 77.5 Å². The third-order valence-electron chi connectivity index (χ3n) is 5.06. The summed E-state index contributed by atoms with van der Waals surface area (Å²) in [6.45, 7) is 8.44. The van der Waals surface area contributed by atoms with Crippen LogP contribution in [0.3, 0.4) is 0 Å². The van der Waals surface area contributed by atoms with E-state index in [1.807, 2.05) is 37.3 Å². The number of hydrogen-bond acceptors (Lipinski definition) is 4. The van der Waals surface area contributed by atoms with E-state index in [0.29, 0.717) is 28.8 Å². The van der Waals surface area contributed by atoms with Crippen molar-refractivity contribution in [1.82, 2.24) is 4.98 Å². The lowest BCUT2D eigenvalue weighted by Crippen LogP contribution is -2.15. The number of aryl methyl sites for hydroxylation is 1. The molecule has 0 aliphatic heterocycles. The Hall–Kier alpha value is -3.34. The summed E-state index contributed by atoms with van der Waals surface area (Å²) in [5.74, 6) is 2.39. The average molecular weight is 389 g/mol. The van der Waals surface area contributed by atoms with Crippen molar-refractivity contribution in [1.29, 1.82) is 0 Å². The number of nitrogen functional groups attached to an aromatic ring is 1. The highest BCUT2D eigenvalue weighted by Gasteiger charge is 2.15. The van der Waals surface area contributed by atoms with E-state index in [9.17, 15) is 4.79 Å². The minimum absolute atomic E-state index is 0.221. The van der Waals surface area contributed by atoms with E-state index in [2.05, 4.69) is 37.1 Å². The van der Waals surface area contributed by atoms with Gasteiger partial charge in [0.05, 0.1) is 5.56 Å². The second-order valence-electron chi connectivity index (χ2n) is 7.54. The fraction of sp³-hybridized carbons (Fsp3) is 0.250. The highest BCUT2D eigenvalue weighted by molar-refractivity contribution is 6.07. The minimum Gasteiger partial charge on any atom is -0.457 e. The van der Waals surface area contributed by atoms with Gasteiger partial charge in [-0.15, -0.1) is 0 Å². The SMILES string of the molecule is Cc1ccc(C(=O)Nc2ccc(Oc3ccccc3C(C)C(C)C)cc2)c(N)n1. The van der Waals surface area contributed by atoms with Gasteiger partial charge in [-0.2, -0.15) is 0 Å². The average Bonchev–Trinajstić information content (AvgIpc) is 2.69. The summed E-state index contributed by atoms with van der Waals surface area (Å²) < 4.78 is 6.11. The van der Waals surface area contributed by atoms with Crippen LogP contribution in [0.5, 0.6) is 11.5 Å². The fourth-order valence-electron chi connectivity index (χ4n) is 3.01. The van der Waals surface area contributed by atoms with Crippen molar-refractivity contribution in [2.75, 3.05) is 11.1 Å². The molecule has 2 aromatic carbocycles. The van der Waals surface area contributed by atoms with Crippen LogP contribution in [0.25, 0.3) is 0 Å². The van der Waals surface area contributed by atoms with Gasteiger partial charge in [0.2, 0.25) is 0 Å². The zero-order chi connectivity index (χ0) is 21.0. The number of amides is 1. The second kappa shape index (κ2) is 8.78. The van der Waals surface area contributed by atoms with Gasteiger partial charge in [-0.05, 0) is 66.8 Å². The monoisotopic (exact) mass is 389 g/mol. The Morgan fingerprint density at radius 3 is 2.34 bits per heavy atom. The van der Waals surface area contributed by atoms with Gasteiger partial charge in [-0.1, -0.05) is 39.0 Å². The number of nitrogens with two attached hydrogens (primary N) is 1. The maximum absolute atomic E-state index is 12.4. The molecule has 1 heterocycles. The first-order valence-corrected chi connectivity index (χ1v) is 9.76. The number of carbonyl (C=O) groups excluding carboxylic acids is 1. The molecule has 5 nitrogen and oxygen atoms in total. The largest absolute Gasteiger partial charge is 0.457 e. The lowest BCUT2D eigenvalue weighted by atomic mass is 9.90. The lowest BCUT2D eigenvalue weighted by Gasteiger charge is -2.19. The maximum atomic E-state index is 12.4. The number of pyridine rings is 1. The number of hydrogen-bond donors (Lipinski definition) is 2. The van der Waals surface area contributed by atoms with Gasteiger partial charge in [0.15, 0.2) is 0 Å². The number of anilines is 2. The van der Waals surface area contributed by atoms with E-state index in [4.69, 9.17) is 10.5 Å². The van der Waals surface area contributed by atoms with Crippen molar-refractivity contribution in [3.63, 3.8) is 0 Å². The number of nitrogens with zero attached hydrogens (tertiary/aromatic N) is 1. The van der Waals surface area contributed by atoms with Crippen molar-refractivity contribution in [2.24, 2.45) is 5.92 Å². The normalized spacial score (nSPS) is 11.9. The Morgan fingerprint density at radius 2 is 1.69 bits per heavy atom. The Bertz CT molecular complexity index is 997. The van der Waals surface area contributed by atoms with Crippen molar-refractivity contribution in [3.8, 4) is 11.5 Å². The maximum Gasteiger partial charge on any atom is 0.259 e. The molecule has 0 saturated carbocycles. The van der Waals surface area contributed by atoms with E-state index >= 15 is 0 Å². The third kappa shape index (κ3) is 4.93. The Balaban J connectivity index is 1.72. The van der Waals surface area contributed by atoms with E-state index in [1.165, 1.54) is 5.56 Å². The van der Waals surface area contributed by atoms with Gasteiger partial charge >= 0.3 is 0 Å². The number of nitrogens with one attached hydrogen (secondary N) is 1. The quantitative estimate of drug-likeness (QED) is 0.560. The number of aromatic nitrogens is 1. The number of benzene rings is 2. The summed E-state index contributed by atoms with van der Waals surface area (Å²) in [5.41, 5.74) is 8.82. The molecule has 0 fully saturated rings. The predicted octanol–water partition coefficient (Wildman–Crippen LogP) is 5.78. The number of ether oxygens (including phenoxy) is 1. The van der Waals surface area contributed by atoms with Crippen molar-refractivity contribution >= 4 is 17.4 Å². The molecule has 29 heavy (non-hydrogen) atoms. The molecule has 1 unspecified atom stereocenters. The molecule has 3 aromatic rings. The summed E-state index contributed by atoms with van der Waals surface area (Å²) in [7, 11) is 0. The number of para-hydroxylation sites is 1.